The summed E-state index contributed by atoms with van der Waals surface area (Å²) in [5, 5.41) is 4.69. The van der Waals surface area contributed by atoms with Crippen LogP contribution in [0.2, 0.25) is 5.02 Å². The second kappa shape index (κ2) is 7.05. The van der Waals surface area contributed by atoms with Crippen molar-refractivity contribution >= 4 is 29.1 Å². The van der Waals surface area contributed by atoms with E-state index in [9.17, 15) is 9.59 Å². The summed E-state index contributed by atoms with van der Waals surface area (Å²) in [6.45, 7) is 2.91. The summed E-state index contributed by atoms with van der Waals surface area (Å²) in [5.74, 6) is -0.202. The molecular weight excluding hydrogens is 328 g/mol. The number of halogens is 1. The highest BCUT2D eigenvalue weighted by Crippen LogP contribution is 2.27. The molecular formula is C17H19ClN4O2. The first-order chi connectivity index (χ1) is 11.6. The molecule has 0 unspecified atom stereocenters. The normalized spacial score (nSPS) is 16.3. The molecule has 1 saturated heterocycles. The molecule has 126 valence electrons. The van der Waals surface area contributed by atoms with Crippen LogP contribution in [0.3, 0.4) is 0 Å². The van der Waals surface area contributed by atoms with Crippen molar-refractivity contribution in [1.82, 2.24) is 14.7 Å². The first-order valence-corrected chi connectivity index (χ1v) is 8.32. The first-order valence-electron chi connectivity index (χ1n) is 7.94. The maximum Gasteiger partial charge on any atom is 0.247 e. The number of anilines is 1. The molecule has 3 rings (SSSR count). The highest BCUT2D eigenvalue weighted by atomic mass is 35.5. The molecule has 1 aromatic carbocycles. The van der Waals surface area contributed by atoms with Crippen molar-refractivity contribution in [1.29, 1.82) is 0 Å². The van der Waals surface area contributed by atoms with Gasteiger partial charge in [-0.25, -0.2) is 0 Å². The Morgan fingerprint density at radius 3 is 2.71 bits per heavy atom. The molecule has 1 atom stereocenters. The van der Waals surface area contributed by atoms with Crippen LogP contribution >= 0.6 is 11.6 Å². The number of benzene rings is 1. The number of nitrogens with zero attached hydrogens (tertiary/aromatic N) is 4. The van der Waals surface area contributed by atoms with Crippen LogP contribution in [0, 0.1) is 0 Å². The lowest BCUT2D eigenvalue weighted by Crippen LogP contribution is -2.54. The number of hydrogen-bond acceptors (Lipinski definition) is 3. The summed E-state index contributed by atoms with van der Waals surface area (Å²) in [5.41, 5.74) is 0.690. The molecule has 0 N–H and O–H groups in total. The van der Waals surface area contributed by atoms with E-state index in [4.69, 9.17) is 11.6 Å². The lowest BCUT2D eigenvalue weighted by atomic mass is 10.1. The van der Waals surface area contributed by atoms with E-state index in [-0.39, 0.29) is 24.4 Å². The number of hydrogen-bond donors (Lipinski definition) is 0. The Labute approximate surface area is 145 Å². The average Bonchev–Trinajstić information content (AvgIpc) is 3.10. The van der Waals surface area contributed by atoms with E-state index in [1.165, 1.54) is 0 Å². The van der Waals surface area contributed by atoms with E-state index in [1.54, 1.807) is 39.0 Å². The number of rotatable bonds is 4. The Morgan fingerprint density at radius 2 is 2.08 bits per heavy atom. The number of carbonyl (C=O) groups is 2. The van der Waals surface area contributed by atoms with E-state index in [0.717, 1.165) is 0 Å². The van der Waals surface area contributed by atoms with E-state index in [2.05, 4.69) is 5.10 Å². The second-order valence-corrected chi connectivity index (χ2v) is 6.07. The molecule has 1 aliphatic heterocycles. The van der Waals surface area contributed by atoms with Crippen molar-refractivity contribution in [2.75, 3.05) is 24.5 Å². The van der Waals surface area contributed by atoms with E-state index in [0.29, 0.717) is 30.2 Å². The zero-order chi connectivity index (χ0) is 17.1. The van der Waals surface area contributed by atoms with E-state index < -0.39 is 0 Å². The van der Waals surface area contributed by atoms with Gasteiger partial charge in [-0.2, -0.15) is 5.10 Å². The van der Waals surface area contributed by atoms with Crippen LogP contribution in [0.5, 0.6) is 0 Å². The van der Waals surface area contributed by atoms with Crippen LogP contribution in [0.25, 0.3) is 0 Å². The predicted molar refractivity (Wildman–Crippen MR) is 91.9 cm³/mol. The van der Waals surface area contributed by atoms with Gasteiger partial charge in [0, 0.05) is 25.5 Å². The number of piperazine rings is 1. The third-order valence-electron chi connectivity index (χ3n) is 4.19. The van der Waals surface area contributed by atoms with Gasteiger partial charge in [0.2, 0.25) is 11.8 Å². The summed E-state index contributed by atoms with van der Waals surface area (Å²) < 4.78 is 1.65. The highest BCUT2D eigenvalue weighted by Gasteiger charge is 2.32. The minimum atomic E-state index is -0.375. The Bertz CT molecular complexity index is 732. The third-order valence-corrected chi connectivity index (χ3v) is 4.51. The van der Waals surface area contributed by atoms with Gasteiger partial charge >= 0.3 is 0 Å². The summed E-state index contributed by atoms with van der Waals surface area (Å²) >= 11 is 6.18. The van der Waals surface area contributed by atoms with Crippen molar-refractivity contribution in [3.63, 3.8) is 0 Å². The number of para-hydroxylation sites is 1. The average molecular weight is 347 g/mol. The molecule has 24 heavy (non-hydrogen) atoms. The van der Waals surface area contributed by atoms with Crippen molar-refractivity contribution in [3.8, 4) is 0 Å². The Hall–Kier alpha value is -2.34. The topological polar surface area (TPSA) is 58.4 Å². The van der Waals surface area contributed by atoms with Crippen LogP contribution in [0.15, 0.2) is 42.7 Å². The van der Waals surface area contributed by atoms with Crippen molar-refractivity contribution < 1.29 is 9.59 Å². The van der Waals surface area contributed by atoms with Gasteiger partial charge in [-0.3, -0.25) is 14.3 Å². The SMILES string of the molecule is CC[C@@H](C(=O)N1CCN(c2ccccc2Cl)C(=O)C1)n1cccn1. The van der Waals surface area contributed by atoms with Crippen molar-refractivity contribution in [2.45, 2.75) is 19.4 Å². The van der Waals surface area contributed by atoms with Crippen LogP contribution < -0.4 is 4.90 Å². The van der Waals surface area contributed by atoms with Gasteiger partial charge < -0.3 is 9.80 Å². The minimum Gasteiger partial charge on any atom is -0.330 e. The Kier molecular flexibility index (Phi) is 4.85. The summed E-state index contributed by atoms with van der Waals surface area (Å²) in [6.07, 6.45) is 4.05. The number of aromatic nitrogens is 2. The fourth-order valence-corrected chi connectivity index (χ4v) is 3.17. The minimum absolute atomic E-state index is 0.0574. The largest absolute Gasteiger partial charge is 0.330 e. The van der Waals surface area contributed by atoms with Gasteiger partial charge in [0.1, 0.15) is 12.6 Å². The highest BCUT2D eigenvalue weighted by molar-refractivity contribution is 6.33. The summed E-state index contributed by atoms with van der Waals surface area (Å²) in [7, 11) is 0. The van der Waals surface area contributed by atoms with Crippen LogP contribution in [-0.2, 0) is 9.59 Å². The maximum absolute atomic E-state index is 12.8. The van der Waals surface area contributed by atoms with E-state index >= 15 is 0 Å². The molecule has 0 spiro atoms. The second-order valence-electron chi connectivity index (χ2n) is 5.67. The molecule has 0 bridgehead atoms. The van der Waals surface area contributed by atoms with Gasteiger partial charge in [-0.1, -0.05) is 30.7 Å². The van der Waals surface area contributed by atoms with Gasteiger partial charge in [-0.05, 0) is 24.6 Å². The van der Waals surface area contributed by atoms with Crippen molar-refractivity contribution in [3.05, 3.63) is 47.7 Å². The molecule has 6 nitrogen and oxygen atoms in total. The molecule has 2 aromatic rings. The van der Waals surface area contributed by atoms with Crippen molar-refractivity contribution in [2.24, 2.45) is 0 Å². The van der Waals surface area contributed by atoms with Gasteiger partial charge in [0.15, 0.2) is 0 Å². The standard InChI is InChI=1S/C17H19ClN4O2/c1-2-14(22-9-5-8-19-22)17(24)20-10-11-21(16(23)12-20)15-7-4-3-6-13(15)18/h3-9,14H,2,10-12H2,1H3/t14-/m0/s1. The van der Waals surface area contributed by atoms with Crippen LogP contribution in [0.1, 0.15) is 19.4 Å². The van der Waals surface area contributed by atoms with E-state index in [1.807, 2.05) is 25.1 Å². The van der Waals surface area contributed by atoms with Gasteiger partial charge in [-0.15, -0.1) is 0 Å². The van der Waals surface area contributed by atoms with Gasteiger partial charge in [0.05, 0.1) is 10.7 Å². The Morgan fingerprint density at radius 1 is 1.29 bits per heavy atom. The van der Waals surface area contributed by atoms with Crippen LogP contribution in [0.4, 0.5) is 5.69 Å². The first kappa shape index (κ1) is 16.5. The molecule has 0 aliphatic carbocycles. The fraction of sp³-hybridized carbons (Fsp3) is 0.353. The lowest BCUT2D eigenvalue weighted by Gasteiger charge is -2.36. The van der Waals surface area contributed by atoms with Crippen LogP contribution in [-0.4, -0.2) is 46.1 Å². The smallest absolute Gasteiger partial charge is 0.247 e. The molecule has 1 fully saturated rings. The molecule has 1 aromatic heterocycles. The molecule has 2 heterocycles. The number of amides is 2. The third kappa shape index (κ3) is 3.14. The monoisotopic (exact) mass is 346 g/mol. The fourth-order valence-electron chi connectivity index (χ4n) is 2.94. The van der Waals surface area contributed by atoms with Gasteiger partial charge in [0.25, 0.3) is 0 Å². The lowest BCUT2D eigenvalue weighted by molar-refractivity contribution is -0.140. The molecule has 0 radical (unpaired) electrons. The Balaban J connectivity index is 1.72. The number of carbonyl (C=O) groups excluding carboxylic acids is 2. The predicted octanol–water partition coefficient (Wildman–Crippen LogP) is 2.36. The summed E-state index contributed by atoms with van der Waals surface area (Å²) in [6, 6.07) is 8.65. The maximum atomic E-state index is 12.8. The summed E-state index contributed by atoms with van der Waals surface area (Å²) in [4.78, 5) is 28.5. The molecule has 0 saturated carbocycles. The zero-order valence-electron chi connectivity index (χ0n) is 13.4. The molecule has 1 aliphatic rings. The molecule has 7 heteroatoms. The zero-order valence-corrected chi connectivity index (χ0v) is 14.2. The molecule has 2 amide bonds. The quantitative estimate of drug-likeness (QED) is 0.854.